The van der Waals surface area contributed by atoms with Crippen molar-refractivity contribution in [3.05, 3.63) is 42.0 Å². The van der Waals surface area contributed by atoms with E-state index in [1.165, 1.54) is 6.07 Å². The summed E-state index contributed by atoms with van der Waals surface area (Å²) < 4.78 is 44.7. The zero-order valence-corrected chi connectivity index (χ0v) is 17.4. The lowest BCUT2D eigenvalue weighted by Crippen LogP contribution is -2.58. The summed E-state index contributed by atoms with van der Waals surface area (Å²) in [5, 5.41) is 2.97. The van der Waals surface area contributed by atoms with Crippen molar-refractivity contribution in [3.63, 3.8) is 0 Å². The van der Waals surface area contributed by atoms with Gasteiger partial charge >= 0.3 is 12.2 Å². The number of alkyl halides is 3. The molecule has 2 amide bonds. The third kappa shape index (κ3) is 3.88. The second-order valence-electron chi connectivity index (χ2n) is 8.14. The Labute approximate surface area is 183 Å². The lowest BCUT2D eigenvalue weighted by atomic mass is 10.1. The highest BCUT2D eigenvalue weighted by atomic mass is 19.4. The van der Waals surface area contributed by atoms with E-state index in [9.17, 15) is 18.0 Å². The number of halogens is 3. The van der Waals surface area contributed by atoms with Crippen molar-refractivity contribution < 1.29 is 22.7 Å². The number of benzene rings is 1. The Kier molecular flexibility index (Phi) is 5.42. The molecule has 0 aliphatic carbocycles. The van der Waals surface area contributed by atoms with Crippen molar-refractivity contribution in [2.75, 3.05) is 55.7 Å². The van der Waals surface area contributed by atoms with E-state index in [4.69, 9.17) is 4.74 Å². The van der Waals surface area contributed by atoms with E-state index in [2.05, 4.69) is 20.1 Å². The average Bonchev–Trinajstić information content (AvgIpc) is 2.99. The number of rotatable bonds is 4. The molecule has 2 saturated heterocycles. The van der Waals surface area contributed by atoms with Gasteiger partial charge in [0.1, 0.15) is 6.17 Å². The van der Waals surface area contributed by atoms with E-state index in [0.29, 0.717) is 36.8 Å². The van der Waals surface area contributed by atoms with Crippen LogP contribution in [-0.4, -0.2) is 68.0 Å². The van der Waals surface area contributed by atoms with Crippen LogP contribution in [0, 0.1) is 0 Å². The fourth-order valence-corrected chi connectivity index (χ4v) is 4.38. The monoisotopic (exact) mass is 447 g/mol. The zero-order chi connectivity index (χ0) is 22.3. The van der Waals surface area contributed by atoms with Crippen LogP contribution in [0.1, 0.15) is 12.0 Å². The van der Waals surface area contributed by atoms with E-state index in [1.54, 1.807) is 17.0 Å². The third-order valence-electron chi connectivity index (χ3n) is 6.19. The fraction of sp³-hybridized carbons (Fsp3) is 0.455. The van der Waals surface area contributed by atoms with Gasteiger partial charge in [0.15, 0.2) is 5.82 Å². The predicted octanol–water partition coefficient (Wildman–Crippen LogP) is 3.17. The van der Waals surface area contributed by atoms with Crippen LogP contribution >= 0.6 is 0 Å². The van der Waals surface area contributed by atoms with E-state index >= 15 is 0 Å². The largest absolute Gasteiger partial charge is 0.416 e. The minimum Gasteiger partial charge on any atom is -0.379 e. The molecule has 0 spiro atoms. The first-order valence-corrected chi connectivity index (χ1v) is 10.7. The molecule has 3 aliphatic rings. The van der Waals surface area contributed by atoms with E-state index < -0.39 is 11.7 Å². The Balaban J connectivity index is 1.35. The first-order valence-electron chi connectivity index (χ1n) is 10.7. The maximum atomic E-state index is 13.1. The SMILES string of the molecule is O=C(NCCN1CCOCC1)N1c2nc(-c3cccc(C(F)(F)F)c3)ccc2N2CCC21. The van der Waals surface area contributed by atoms with Crippen LogP contribution in [-0.2, 0) is 10.9 Å². The van der Waals surface area contributed by atoms with Crippen LogP contribution in [0.15, 0.2) is 36.4 Å². The molecular weight excluding hydrogens is 423 g/mol. The Morgan fingerprint density at radius 1 is 1.16 bits per heavy atom. The highest BCUT2D eigenvalue weighted by molar-refractivity contribution is 5.99. The summed E-state index contributed by atoms with van der Waals surface area (Å²) >= 11 is 0. The number of pyridine rings is 1. The number of urea groups is 1. The predicted molar refractivity (Wildman–Crippen MR) is 114 cm³/mol. The number of carbonyl (C=O) groups excluding carboxylic acids is 1. The van der Waals surface area contributed by atoms with E-state index in [-0.39, 0.29) is 12.2 Å². The first kappa shape index (κ1) is 21.0. The molecule has 1 N–H and O–H groups in total. The van der Waals surface area contributed by atoms with Gasteiger partial charge in [-0.05, 0) is 24.3 Å². The van der Waals surface area contributed by atoms with Crippen LogP contribution < -0.4 is 15.1 Å². The third-order valence-corrected chi connectivity index (χ3v) is 6.19. The molecule has 0 saturated carbocycles. The quantitative estimate of drug-likeness (QED) is 0.780. The first-order chi connectivity index (χ1) is 15.4. The Bertz CT molecular complexity index is 1010. The molecule has 32 heavy (non-hydrogen) atoms. The van der Waals surface area contributed by atoms with Gasteiger partial charge in [-0.3, -0.25) is 9.80 Å². The molecule has 170 valence electrons. The van der Waals surface area contributed by atoms with Gasteiger partial charge < -0.3 is 15.0 Å². The molecule has 3 aliphatic heterocycles. The topological polar surface area (TPSA) is 60.9 Å². The van der Waals surface area contributed by atoms with Crippen molar-refractivity contribution >= 4 is 17.5 Å². The van der Waals surface area contributed by atoms with Crippen molar-refractivity contribution in [1.29, 1.82) is 0 Å². The number of morpholine rings is 1. The number of aromatic nitrogens is 1. The highest BCUT2D eigenvalue weighted by Gasteiger charge is 2.46. The van der Waals surface area contributed by atoms with Gasteiger partial charge in [0.2, 0.25) is 0 Å². The molecule has 2 fully saturated rings. The Morgan fingerprint density at radius 3 is 2.69 bits per heavy atom. The normalized spacial score (nSPS) is 20.5. The molecular formula is C22H24F3N5O2. The summed E-state index contributed by atoms with van der Waals surface area (Å²) in [6, 6.07) is 8.41. The summed E-state index contributed by atoms with van der Waals surface area (Å²) in [7, 11) is 0. The molecule has 0 bridgehead atoms. The number of amides is 2. The Hall–Kier alpha value is -2.85. The van der Waals surface area contributed by atoms with Crippen molar-refractivity contribution in [3.8, 4) is 11.3 Å². The molecule has 1 aromatic heterocycles. The number of anilines is 2. The number of hydrogen-bond donors (Lipinski definition) is 1. The van der Waals surface area contributed by atoms with Crippen molar-refractivity contribution in [2.24, 2.45) is 0 Å². The number of fused-ring (bicyclic) bond motifs is 3. The summed E-state index contributed by atoms with van der Waals surface area (Å²) in [5.41, 5.74) is 0.882. The lowest BCUT2D eigenvalue weighted by Gasteiger charge is -2.40. The standard InChI is InChI=1S/C22H24F3N5O2/c23-22(24,25)16-3-1-2-15(14-16)17-4-5-18-20(27-17)30(19-6-8-29(18)19)21(31)26-7-9-28-10-12-32-13-11-28/h1-5,14,19H,6-13H2,(H,26,31). The number of ether oxygens (including phenoxy) is 1. The van der Waals surface area contributed by atoms with Crippen LogP contribution in [0.3, 0.4) is 0 Å². The Morgan fingerprint density at radius 2 is 1.97 bits per heavy atom. The molecule has 5 rings (SSSR count). The average molecular weight is 447 g/mol. The lowest BCUT2D eigenvalue weighted by molar-refractivity contribution is -0.137. The summed E-state index contributed by atoms with van der Waals surface area (Å²) in [5.74, 6) is 0.492. The van der Waals surface area contributed by atoms with Crippen LogP contribution in [0.25, 0.3) is 11.3 Å². The van der Waals surface area contributed by atoms with Gasteiger partial charge in [-0.25, -0.2) is 9.78 Å². The molecule has 10 heteroatoms. The summed E-state index contributed by atoms with van der Waals surface area (Å²) in [6.07, 6.45) is -3.70. The maximum absolute atomic E-state index is 13.1. The zero-order valence-electron chi connectivity index (χ0n) is 17.4. The molecule has 1 atom stereocenters. The molecule has 1 aromatic carbocycles. The molecule has 1 unspecified atom stereocenters. The number of nitrogens with one attached hydrogen (secondary N) is 1. The molecule has 0 radical (unpaired) electrons. The van der Waals surface area contributed by atoms with Gasteiger partial charge in [-0.1, -0.05) is 12.1 Å². The smallest absolute Gasteiger partial charge is 0.379 e. The molecule has 4 heterocycles. The summed E-state index contributed by atoms with van der Waals surface area (Å²) in [6.45, 7) is 5.16. The number of nitrogens with zero attached hydrogens (tertiary/aromatic N) is 4. The van der Waals surface area contributed by atoms with E-state index in [0.717, 1.165) is 50.4 Å². The van der Waals surface area contributed by atoms with Crippen LogP contribution in [0.2, 0.25) is 0 Å². The molecule has 7 nitrogen and oxygen atoms in total. The fourth-order valence-electron chi connectivity index (χ4n) is 4.38. The summed E-state index contributed by atoms with van der Waals surface area (Å²) in [4.78, 5) is 23.6. The van der Waals surface area contributed by atoms with Gasteiger partial charge in [0, 0.05) is 44.7 Å². The van der Waals surface area contributed by atoms with E-state index in [1.807, 2.05) is 6.07 Å². The van der Waals surface area contributed by atoms with Gasteiger partial charge in [0.05, 0.1) is 30.2 Å². The number of hydrogen-bond acceptors (Lipinski definition) is 5. The minimum atomic E-state index is -4.43. The second-order valence-corrected chi connectivity index (χ2v) is 8.14. The highest BCUT2D eigenvalue weighted by Crippen LogP contribution is 2.45. The van der Waals surface area contributed by atoms with Crippen molar-refractivity contribution in [2.45, 2.75) is 18.8 Å². The van der Waals surface area contributed by atoms with Gasteiger partial charge in [-0.2, -0.15) is 13.2 Å². The van der Waals surface area contributed by atoms with Crippen LogP contribution in [0.4, 0.5) is 29.5 Å². The maximum Gasteiger partial charge on any atom is 0.416 e. The van der Waals surface area contributed by atoms with Gasteiger partial charge in [-0.15, -0.1) is 0 Å². The van der Waals surface area contributed by atoms with Crippen molar-refractivity contribution in [1.82, 2.24) is 15.2 Å². The van der Waals surface area contributed by atoms with Gasteiger partial charge in [0.25, 0.3) is 0 Å². The second kappa shape index (κ2) is 8.25. The number of carbonyl (C=O) groups is 1. The minimum absolute atomic E-state index is 0.0994. The molecule has 2 aromatic rings. The van der Waals surface area contributed by atoms with Crippen LogP contribution in [0.5, 0.6) is 0 Å².